The topological polar surface area (TPSA) is 99.4 Å². The fraction of sp³-hybridized carbons (Fsp3) is 0.136. The highest BCUT2D eigenvalue weighted by atomic mass is 16.6. The summed E-state index contributed by atoms with van der Waals surface area (Å²) in [6.07, 6.45) is 1.43. The first kappa shape index (κ1) is 20.7. The molecule has 0 saturated carbocycles. The van der Waals surface area contributed by atoms with Crippen LogP contribution in [0.5, 0.6) is 17.2 Å². The molecule has 0 aliphatic heterocycles. The van der Waals surface area contributed by atoms with Crippen molar-refractivity contribution in [1.29, 1.82) is 0 Å². The quantitative estimate of drug-likeness (QED) is 0.265. The molecule has 0 spiro atoms. The van der Waals surface area contributed by atoms with Gasteiger partial charge in [0.15, 0.2) is 17.3 Å². The second kappa shape index (κ2) is 9.92. The molecule has 1 heterocycles. The van der Waals surface area contributed by atoms with Crippen molar-refractivity contribution in [2.75, 3.05) is 7.11 Å². The van der Waals surface area contributed by atoms with Crippen molar-refractivity contribution in [2.24, 2.45) is 5.10 Å². The number of esters is 1. The van der Waals surface area contributed by atoms with Crippen LogP contribution in [-0.2, 0) is 11.4 Å². The van der Waals surface area contributed by atoms with Crippen LogP contribution in [0.25, 0.3) is 0 Å². The van der Waals surface area contributed by atoms with Crippen molar-refractivity contribution >= 4 is 18.1 Å². The monoisotopic (exact) mass is 408 g/mol. The number of hydrazone groups is 1. The first-order valence-electron chi connectivity index (χ1n) is 9.01. The summed E-state index contributed by atoms with van der Waals surface area (Å²) in [4.78, 5) is 23.3. The van der Waals surface area contributed by atoms with Crippen LogP contribution in [0.2, 0.25) is 0 Å². The minimum Gasteiger partial charge on any atom is -0.493 e. The van der Waals surface area contributed by atoms with E-state index in [-0.39, 0.29) is 12.4 Å². The molecule has 3 rings (SSSR count). The van der Waals surface area contributed by atoms with E-state index in [9.17, 15) is 9.59 Å². The number of carbonyl (C=O) groups excluding carboxylic acids is 2. The molecule has 154 valence electrons. The zero-order chi connectivity index (χ0) is 21.3. The third kappa shape index (κ3) is 5.71. The number of rotatable bonds is 8. The predicted molar refractivity (Wildman–Crippen MR) is 109 cm³/mol. The molecule has 8 nitrogen and oxygen atoms in total. The molecule has 0 radical (unpaired) electrons. The van der Waals surface area contributed by atoms with Crippen molar-refractivity contribution in [3.05, 3.63) is 77.7 Å². The first-order valence-corrected chi connectivity index (χ1v) is 9.01. The zero-order valence-electron chi connectivity index (χ0n) is 16.5. The normalized spacial score (nSPS) is 10.6. The van der Waals surface area contributed by atoms with Crippen molar-refractivity contribution in [3.63, 3.8) is 0 Å². The number of methoxy groups -OCH3 is 1. The van der Waals surface area contributed by atoms with Crippen LogP contribution in [0.1, 0.15) is 28.8 Å². The highest BCUT2D eigenvalue weighted by molar-refractivity contribution is 5.92. The second-order valence-electron chi connectivity index (χ2n) is 6.07. The van der Waals surface area contributed by atoms with Gasteiger partial charge in [0.1, 0.15) is 18.1 Å². The van der Waals surface area contributed by atoms with Gasteiger partial charge in [-0.15, -0.1) is 0 Å². The number of hydrogen-bond acceptors (Lipinski definition) is 7. The van der Waals surface area contributed by atoms with Gasteiger partial charge in [-0.1, -0.05) is 18.2 Å². The fourth-order valence-electron chi connectivity index (χ4n) is 2.47. The number of nitrogens with one attached hydrogen (secondary N) is 1. The van der Waals surface area contributed by atoms with E-state index in [2.05, 4.69) is 10.5 Å². The summed E-state index contributed by atoms with van der Waals surface area (Å²) in [7, 11) is 1.46. The molecule has 2 aromatic carbocycles. The SMILES string of the molecule is COc1cc(/C=N\NC(=O)c2ccc(COc3ccccc3)o2)ccc1OC(C)=O. The molecule has 1 aromatic heterocycles. The van der Waals surface area contributed by atoms with Gasteiger partial charge in [-0.05, 0) is 48.0 Å². The van der Waals surface area contributed by atoms with Gasteiger partial charge >= 0.3 is 11.9 Å². The van der Waals surface area contributed by atoms with Gasteiger partial charge in [-0.25, -0.2) is 5.43 Å². The minimum atomic E-state index is -0.499. The third-order valence-electron chi connectivity index (χ3n) is 3.83. The van der Waals surface area contributed by atoms with Crippen molar-refractivity contribution in [1.82, 2.24) is 5.43 Å². The molecule has 1 N–H and O–H groups in total. The Morgan fingerprint density at radius 3 is 2.60 bits per heavy atom. The van der Waals surface area contributed by atoms with Gasteiger partial charge in [0.25, 0.3) is 0 Å². The maximum absolute atomic E-state index is 12.2. The van der Waals surface area contributed by atoms with E-state index in [0.717, 1.165) is 0 Å². The van der Waals surface area contributed by atoms with Crippen LogP contribution in [0.4, 0.5) is 0 Å². The van der Waals surface area contributed by atoms with Crippen LogP contribution >= 0.6 is 0 Å². The number of ether oxygens (including phenoxy) is 3. The van der Waals surface area contributed by atoms with Gasteiger partial charge < -0.3 is 18.6 Å². The summed E-state index contributed by atoms with van der Waals surface area (Å²) in [5.41, 5.74) is 3.03. The van der Waals surface area contributed by atoms with E-state index in [0.29, 0.717) is 28.6 Å². The minimum absolute atomic E-state index is 0.113. The molecule has 0 aliphatic carbocycles. The molecule has 0 unspecified atom stereocenters. The highest BCUT2D eigenvalue weighted by Gasteiger charge is 2.11. The van der Waals surface area contributed by atoms with E-state index >= 15 is 0 Å². The van der Waals surface area contributed by atoms with E-state index in [4.69, 9.17) is 18.6 Å². The second-order valence-corrected chi connectivity index (χ2v) is 6.07. The summed E-state index contributed by atoms with van der Waals surface area (Å²) in [6, 6.07) is 17.4. The number of carbonyl (C=O) groups is 2. The lowest BCUT2D eigenvalue weighted by molar-refractivity contribution is -0.132. The van der Waals surface area contributed by atoms with Crippen LogP contribution in [-0.4, -0.2) is 25.2 Å². The lowest BCUT2D eigenvalue weighted by Crippen LogP contribution is -2.16. The maximum Gasteiger partial charge on any atom is 0.308 e. The smallest absolute Gasteiger partial charge is 0.308 e. The Balaban J connectivity index is 1.56. The average molecular weight is 408 g/mol. The Bertz CT molecular complexity index is 1040. The Labute approximate surface area is 173 Å². The zero-order valence-corrected chi connectivity index (χ0v) is 16.5. The van der Waals surface area contributed by atoms with Crippen molar-refractivity contribution in [2.45, 2.75) is 13.5 Å². The number of benzene rings is 2. The molecule has 8 heteroatoms. The summed E-state index contributed by atoms with van der Waals surface area (Å²) >= 11 is 0. The number of furan rings is 1. The molecule has 1 amide bonds. The van der Waals surface area contributed by atoms with E-state index in [1.54, 1.807) is 30.3 Å². The Morgan fingerprint density at radius 2 is 1.87 bits per heavy atom. The number of hydrogen-bond donors (Lipinski definition) is 1. The lowest BCUT2D eigenvalue weighted by Gasteiger charge is -2.08. The van der Waals surface area contributed by atoms with Crippen LogP contribution < -0.4 is 19.6 Å². The molecule has 0 bridgehead atoms. The molecule has 0 saturated heterocycles. The Kier molecular flexibility index (Phi) is 6.83. The predicted octanol–water partition coefficient (Wildman–Crippen LogP) is 3.56. The van der Waals surface area contributed by atoms with E-state index in [1.807, 2.05) is 30.3 Å². The molecule has 3 aromatic rings. The Morgan fingerprint density at radius 1 is 1.07 bits per heavy atom. The van der Waals surface area contributed by atoms with Gasteiger partial charge in [-0.2, -0.15) is 5.10 Å². The van der Waals surface area contributed by atoms with E-state index in [1.165, 1.54) is 20.2 Å². The first-order chi connectivity index (χ1) is 14.5. The van der Waals surface area contributed by atoms with Gasteiger partial charge in [0.2, 0.25) is 0 Å². The summed E-state index contributed by atoms with van der Waals surface area (Å²) < 4.78 is 21.3. The highest BCUT2D eigenvalue weighted by Crippen LogP contribution is 2.27. The van der Waals surface area contributed by atoms with Gasteiger partial charge in [0.05, 0.1) is 13.3 Å². The average Bonchev–Trinajstić information content (AvgIpc) is 3.23. The van der Waals surface area contributed by atoms with Crippen molar-refractivity contribution < 1.29 is 28.2 Å². The number of para-hydroxylation sites is 1. The number of amides is 1. The summed E-state index contributed by atoms with van der Waals surface area (Å²) in [5.74, 6) is 1.05. The molecule has 0 atom stereocenters. The number of nitrogens with zero attached hydrogens (tertiary/aromatic N) is 1. The molecule has 0 fully saturated rings. The van der Waals surface area contributed by atoms with Gasteiger partial charge in [0, 0.05) is 6.92 Å². The summed E-state index contributed by atoms with van der Waals surface area (Å²) in [6.45, 7) is 1.51. The van der Waals surface area contributed by atoms with Crippen LogP contribution in [0.3, 0.4) is 0 Å². The molecular formula is C22H20N2O6. The lowest BCUT2D eigenvalue weighted by atomic mass is 10.2. The molecule has 30 heavy (non-hydrogen) atoms. The van der Waals surface area contributed by atoms with E-state index < -0.39 is 11.9 Å². The largest absolute Gasteiger partial charge is 0.493 e. The Hall–Kier alpha value is -4.07. The van der Waals surface area contributed by atoms with Crippen molar-refractivity contribution in [3.8, 4) is 17.2 Å². The molecular weight excluding hydrogens is 388 g/mol. The molecule has 0 aliphatic rings. The fourth-order valence-corrected chi connectivity index (χ4v) is 2.47. The maximum atomic E-state index is 12.2. The van der Waals surface area contributed by atoms with Gasteiger partial charge in [-0.3, -0.25) is 9.59 Å². The van der Waals surface area contributed by atoms with Crippen LogP contribution in [0, 0.1) is 0 Å². The summed E-state index contributed by atoms with van der Waals surface area (Å²) in [5, 5.41) is 3.91. The standard InChI is InChI=1S/C22H20N2O6/c1-15(25)29-19-10-8-16(12-21(19)27-2)13-23-24-22(26)20-11-9-18(30-20)14-28-17-6-4-3-5-7-17/h3-13H,14H2,1-2H3,(H,24,26)/b23-13-. The third-order valence-corrected chi connectivity index (χ3v) is 3.83. The van der Waals surface area contributed by atoms with Crippen LogP contribution in [0.15, 0.2) is 70.2 Å².